The number of nitrogens with zero attached hydrogens (tertiary/aromatic N) is 1. The number of allylic oxidation sites excluding steroid dienone is 4. The molecule has 1 aliphatic carbocycles. The molecule has 1 unspecified atom stereocenters. The van der Waals surface area contributed by atoms with Crippen LogP contribution in [0, 0.1) is 5.92 Å². The number of carbonyl (C=O) groups excluding carboxylic acids is 1. The van der Waals surface area contributed by atoms with Crippen molar-refractivity contribution in [3.63, 3.8) is 0 Å². The van der Waals surface area contributed by atoms with Crippen LogP contribution in [0.2, 0.25) is 0 Å². The topological polar surface area (TPSA) is 54.0 Å². The Morgan fingerprint density at radius 3 is 2.75 bits per heavy atom. The standard InChI is InChI=1S/C16H19N3O/c1-11(2)14-5-4-12(3)15(10-14)18-19-16(20)13-6-8-17-9-7-13/h4,6-10,14,18H,1,5H2,2-3H3,(H,19,20). The van der Waals surface area contributed by atoms with Crippen molar-refractivity contribution >= 4 is 5.91 Å². The molecule has 0 saturated heterocycles. The van der Waals surface area contributed by atoms with Gasteiger partial charge < -0.3 is 0 Å². The average Bonchev–Trinajstić information content (AvgIpc) is 2.46. The Morgan fingerprint density at radius 1 is 1.40 bits per heavy atom. The predicted octanol–water partition coefficient (Wildman–Crippen LogP) is 2.74. The summed E-state index contributed by atoms with van der Waals surface area (Å²) in [6.45, 7) is 8.02. The van der Waals surface area contributed by atoms with Crippen LogP contribution in [0.5, 0.6) is 0 Å². The van der Waals surface area contributed by atoms with Gasteiger partial charge in [-0.1, -0.05) is 24.3 Å². The molecule has 0 aromatic carbocycles. The smallest absolute Gasteiger partial charge is 0.269 e. The second-order valence-electron chi connectivity index (χ2n) is 4.97. The van der Waals surface area contributed by atoms with Crippen LogP contribution in [-0.4, -0.2) is 10.9 Å². The molecule has 0 bridgehead atoms. The van der Waals surface area contributed by atoms with Gasteiger partial charge >= 0.3 is 0 Å². The summed E-state index contributed by atoms with van der Waals surface area (Å²) >= 11 is 0. The van der Waals surface area contributed by atoms with Crippen LogP contribution < -0.4 is 10.9 Å². The Balaban J connectivity index is 2.01. The van der Waals surface area contributed by atoms with Crippen molar-refractivity contribution in [2.45, 2.75) is 20.3 Å². The van der Waals surface area contributed by atoms with Crippen LogP contribution in [0.25, 0.3) is 0 Å². The zero-order valence-corrected chi connectivity index (χ0v) is 11.8. The first-order valence-corrected chi connectivity index (χ1v) is 6.58. The number of amides is 1. The molecule has 1 atom stereocenters. The molecule has 104 valence electrons. The van der Waals surface area contributed by atoms with E-state index in [-0.39, 0.29) is 5.91 Å². The fourth-order valence-electron chi connectivity index (χ4n) is 2.00. The van der Waals surface area contributed by atoms with E-state index in [2.05, 4.69) is 34.6 Å². The monoisotopic (exact) mass is 269 g/mol. The van der Waals surface area contributed by atoms with E-state index in [0.29, 0.717) is 11.5 Å². The van der Waals surface area contributed by atoms with Gasteiger partial charge in [0.2, 0.25) is 0 Å². The number of hydrogen-bond acceptors (Lipinski definition) is 3. The van der Waals surface area contributed by atoms with Gasteiger partial charge in [-0.3, -0.25) is 20.6 Å². The molecule has 1 aromatic rings. The van der Waals surface area contributed by atoms with Crippen LogP contribution in [0.15, 0.2) is 60.1 Å². The highest BCUT2D eigenvalue weighted by Gasteiger charge is 2.14. The molecule has 20 heavy (non-hydrogen) atoms. The molecule has 2 rings (SSSR count). The lowest BCUT2D eigenvalue weighted by atomic mass is 9.90. The number of hydrazine groups is 1. The molecule has 1 heterocycles. The highest BCUT2D eigenvalue weighted by molar-refractivity contribution is 5.93. The lowest BCUT2D eigenvalue weighted by Crippen LogP contribution is -2.37. The maximum Gasteiger partial charge on any atom is 0.269 e. The van der Waals surface area contributed by atoms with E-state index in [1.54, 1.807) is 24.5 Å². The van der Waals surface area contributed by atoms with E-state index in [4.69, 9.17) is 0 Å². The van der Waals surface area contributed by atoms with Crippen molar-refractivity contribution < 1.29 is 4.79 Å². The minimum absolute atomic E-state index is 0.182. The third kappa shape index (κ3) is 3.35. The predicted molar refractivity (Wildman–Crippen MR) is 79.6 cm³/mol. The Kier molecular flexibility index (Phi) is 4.35. The van der Waals surface area contributed by atoms with Gasteiger partial charge in [0.25, 0.3) is 5.91 Å². The van der Waals surface area contributed by atoms with Crippen molar-refractivity contribution in [1.29, 1.82) is 0 Å². The molecule has 0 fully saturated rings. The quantitative estimate of drug-likeness (QED) is 0.653. The van der Waals surface area contributed by atoms with Crippen LogP contribution in [-0.2, 0) is 0 Å². The summed E-state index contributed by atoms with van der Waals surface area (Å²) in [5, 5.41) is 0. The maximum absolute atomic E-state index is 11.9. The zero-order valence-electron chi connectivity index (χ0n) is 11.8. The second kappa shape index (κ2) is 6.19. The normalized spacial score (nSPS) is 17.8. The molecular weight excluding hydrogens is 250 g/mol. The summed E-state index contributed by atoms with van der Waals surface area (Å²) in [7, 11) is 0. The molecule has 1 aromatic heterocycles. The number of nitrogens with one attached hydrogen (secondary N) is 2. The van der Waals surface area contributed by atoms with Crippen molar-refractivity contribution in [1.82, 2.24) is 15.8 Å². The molecule has 1 amide bonds. The molecule has 4 heteroatoms. The highest BCUT2D eigenvalue weighted by Crippen LogP contribution is 2.25. The van der Waals surface area contributed by atoms with Gasteiger partial charge in [0, 0.05) is 23.9 Å². The lowest BCUT2D eigenvalue weighted by Gasteiger charge is -2.21. The zero-order chi connectivity index (χ0) is 14.5. The average molecular weight is 269 g/mol. The molecule has 0 radical (unpaired) electrons. The van der Waals surface area contributed by atoms with Crippen molar-refractivity contribution in [2.24, 2.45) is 5.92 Å². The van der Waals surface area contributed by atoms with Gasteiger partial charge in [0.05, 0.1) is 5.70 Å². The SMILES string of the molecule is C=C(C)C1C=C(NNC(=O)c2ccncc2)C(C)=CC1. The van der Waals surface area contributed by atoms with E-state index in [9.17, 15) is 4.79 Å². The van der Waals surface area contributed by atoms with E-state index >= 15 is 0 Å². The van der Waals surface area contributed by atoms with Gasteiger partial charge in [0.15, 0.2) is 0 Å². The number of rotatable bonds is 4. The van der Waals surface area contributed by atoms with E-state index < -0.39 is 0 Å². The van der Waals surface area contributed by atoms with Gasteiger partial charge in [-0.05, 0) is 38.0 Å². The number of aromatic nitrogens is 1. The molecule has 0 aliphatic heterocycles. The summed E-state index contributed by atoms with van der Waals surface area (Å²) in [5.74, 6) is 0.137. The highest BCUT2D eigenvalue weighted by atomic mass is 16.2. The van der Waals surface area contributed by atoms with E-state index in [1.165, 1.54) is 0 Å². The van der Waals surface area contributed by atoms with Crippen LogP contribution in [0.3, 0.4) is 0 Å². The first-order valence-electron chi connectivity index (χ1n) is 6.58. The van der Waals surface area contributed by atoms with Crippen LogP contribution in [0.4, 0.5) is 0 Å². The van der Waals surface area contributed by atoms with Crippen LogP contribution in [0.1, 0.15) is 30.6 Å². The molecule has 4 nitrogen and oxygen atoms in total. The minimum Gasteiger partial charge on any atom is -0.298 e. The van der Waals surface area contributed by atoms with Gasteiger partial charge in [-0.2, -0.15) is 0 Å². The molecule has 0 saturated carbocycles. The number of hydrogen-bond donors (Lipinski definition) is 2. The third-order valence-corrected chi connectivity index (χ3v) is 3.36. The first-order chi connectivity index (χ1) is 9.58. The van der Waals surface area contributed by atoms with Gasteiger partial charge in [-0.15, -0.1) is 0 Å². The van der Waals surface area contributed by atoms with Crippen molar-refractivity contribution in [2.75, 3.05) is 0 Å². The fraction of sp³-hybridized carbons (Fsp3) is 0.250. The van der Waals surface area contributed by atoms with Crippen molar-refractivity contribution in [3.05, 3.63) is 65.7 Å². The van der Waals surface area contributed by atoms with E-state index in [1.807, 2.05) is 13.8 Å². The summed E-state index contributed by atoms with van der Waals surface area (Å²) in [6.07, 6.45) is 8.41. The Labute approximate surface area is 119 Å². The summed E-state index contributed by atoms with van der Waals surface area (Å²) in [5.41, 5.74) is 9.43. The third-order valence-electron chi connectivity index (χ3n) is 3.36. The largest absolute Gasteiger partial charge is 0.298 e. The minimum atomic E-state index is -0.182. The first kappa shape index (κ1) is 14.1. The summed E-state index contributed by atoms with van der Waals surface area (Å²) < 4.78 is 0. The van der Waals surface area contributed by atoms with Gasteiger partial charge in [0.1, 0.15) is 0 Å². The Bertz CT molecular complexity index is 573. The summed E-state index contributed by atoms with van der Waals surface area (Å²) in [4.78, 5) is 15.8. The molecular formula is C16H19N3O. The number of pyridine rings is 1. The van der Waals surface area contributed by atoms with E-state index in [0.717, 1.165) is 23.3 Å². The number of carbonyl (C=O) groups is 1. The van der Waals surface area contributed by atoms with Gasteiger partial charge in [-0.25, -0.2) is 0 Å². The second-order valence-corrected chi connectivity index (χ2v) is 4.97. The summed E-state index contributed by atoms with van der Waals surface area (Å²) in [6, 6.07) is 3.34. The Hall–Kier alpha value is -2.36. The fourth-order valence-corrected chi connectivity index (χ4v) is 2.00. The Morgan fingerprint density at radius 2 is 2.10 bits per heavy atom. The molecule has 1 aliphatic rings. The molecule has 0 spiro atoms. The lowest BCUT2D eigenvalue weighted by molar-refractivity contribution is 0.0939. The van der Waals surface area contributed by atoms with Crippen molar-refractivity contribution in [3.8, 4) is 0 Å². The molecule has 2 N–H and O–H groups in total. The maximum atomic E-state index is 11.9. The van der Waals surface area contributed by atoms with Crippen LogP contribution >= 0.6 is 0 Å².